The van der Waals surface area contributed by atoms with Crippen LogP contribution in [0.4, 0.5) is 0 Å². The molecule has 0 aromatic rings. The van der Waals surface area contributed by atoms with Crippen LogP contribution in [0.15, 0.2) is 0 Å². The second-order valence-electron chi connectivity index (χ2n) is 4.03. The molecule has 1 aliphatic heterocycles. The summed E-state index contributed by atoms with van der Waals surface area (Å²) in [5.74, 6) is -2.89. The highest BCUT2D eigenvalue weighted by atomic mass is 16.7. The molecular formula is C12H20O6. The highest BCUT2D eigenvalue weighted by Crippen LogP contribution is 2.31. The van der Waals surface area contributed by atoms with E-state index in [-0.39, 0.29) is 19.6 Å². The predicted octanol–water partition coefficient (Wildman–Crippen LogP) is 0.882. The van der Waals surface area contributed by atoms with Crippen molar-refractivity contribution in [1.29, 1.82) is 0 Å². The van der Waals surface area contributed by atoms with E-state index in [0.29, 0.717) is 13.2 Å². The van der Waals surface area contributed by atoms with Gasteiger partial charge in [0.1, 0.15) is 5.92 Å². The van der Waals surface area contributed by atoms with E-state index in [0.717, 1.165) is 0 Å². The van der Waals surface area contributed by atoms with E-state index in [1.54, 1.807) is 20.8 Å². The number of esters is 2. The average Bonchev–Trinajstić information content (AvgIpc) is 2.74. The molecule has 1 aliphatic rings. The summed E-state index contributed by atoms with van der Waals surface area (Å²) in [6, 6.07) is 0. The zero-order valence-electron chi connectivity index (χ0n) is 11.1. The molecule has 1 rings (SSSR count). The first-order valence-corrected chi connectivity index (χ1v) is 6.13. The molecule has 1 atom stereocenters. The summed E-state index contributed by atoms with van der Waals surface area (Å²) in [6.45, 7) is 6.37. The van der Waals surface area contributed by atoms with Gasteiger partial charge in [-0.3, -0.25) is 9.59 Å². The summed E-state index contributed by atoms with van der Waals surface area (Å²) in [4.78, 5) is 23.4. The first kappa shape index (κ1) is 14.9. The van der Waals surface area contributed by atoms with Crippen LogP contribution in [0.1, 0.15) is 27.2 Å². The van der Waals surface area contributed by atoms with Crippen molar-refractivity contribution in [3.05, 3.63) is 0 Å². The molecule has 0 aliphatic carbocycles. The molecule has 6 nitrogen and oxygen atoms in total. The van der Waals surface area contributed by atoms with Gasteiger partial charge in [-0.15, -0.1) is 0 Å². The molecule has 0 aromatic heterocycles. The number of hydrogen-bond acceptors (Lipinski definition) is 6. The maximum atomic E-state index is 11.9. The Labute approximate surface area is 107 Å². The minimum absolute atomic E-state index is 0.108. The van der Waals surface area contributed by atoms with Gasteiger partial charge >= 0.3 is 11.9 Å². The minimum atomic E-state index is -1.11. The molecule has 1 unspecified atom stereocenters. The fraction of sp³-hybridized carbons (Fsp3) is 0.833. The maximum absolute atomic E-state index is 11.9. The van der Waals surface area contributed by atoms with Crippen LogP contribution in [-0.2, 0) is 28.5 Å². The van der Waals surface area contributed by atoms with Crippen molar-refractivity contribution >= 4 is 11.9 Å². The second-order valence-corrected chi connectivity index (χ2v) is 4.03. The Hall–Kier alpha value is -1.14. The number of rotatable bonds is 6. The Morgan fingerprint density at radius 1 is 1.17 bits per heavy atom. The van der Waals surface area contributed by atoms with Crippen LogP contribution >= 0.6 is 0 Å². The van der Waals surface area contributed by atoms with Gasteiger partial charge < -0.3 is 18.9 Å². The lowest BCUT2D eigenvalue weighted by Crippen LogP contribution is -2.43. The fourth-order valence-corrected chi connectivity index (χ4v) is 1.84. The Balaban J connectivity index is 2.74. The third kappa shape index (κ3) is 3.68. The normalized spacial score (nSPS) is 19.3. The van der Waals surface area contributed by atoms with E-state index < -0.39 is 23.6 Å². The van der Waals surface area contributed by atoms with Crippen molar-refractivity contribution in [2.45, 2.75) is 33.0 Å². The van der Waals surface area contributed by atoms with E-state index in [1.165, 1.54) is 0 Å². The van der Waals surface area contributed by atoms with Crippen molar-refractivity contribution in [3.8, 4) is 0 Å². The molecule has 0 saturated carbocycles. The summed E-state index contributed by atoms with van der Waals surface area (Å²) < 4.78 is 20.6. The van der Waals surface area contributed by atoms with Crippen LogP contribution in [0.25, 0.3) is 0 Å². The van der Waals surface area contributed by atoms with Crippen LogP contribution in [0.3, 0.4) is 0 Å². The molecule has 0 amide bonds. The van der Waals surface area contributed by atoms with Crippen molar-refractivity contribution in [2.24, 2.45) is 5.92 Å². The summed E-state index contributed by atoms with van der Waals surface area (Å²) >= 11 is 0. The second kappa shape index (κ2) is 6.70. The standard InChI is InChI=1S/C12H20O6/c1-4-15-10(13)8-9(11(14)16-5-2)12(3)17-6-7-18-12/h9H,4-8H2,1-3H3. The van der Waals surface area contributed by atoms with Gasteiger partial charge in [-0.1, -0.05) is 0 Å². The molecule has 1 heterocycles. The van der Waals surface area contributed by atoms with Gasteiger partial charge in [-0.05, 0) is 20.8 Å². The Kier molecular flexibility index (Phi) is 5.55. The Morgan fingerprint density at radius 2 is 1.72 bits per heavy atom. The van der Waals surface area contributed by atoms with Gasteiger partial charge in [-0.25, -0.2) is 0 Å². The first-order chi connectivity index (χ1) is 8.53. The largest absolute Gasteiger partial charge is 0.466 e. The lowest BCUT2D eigenvalue weighted by molar-refractivity contribution is -0.204. The number of carbonyl (C=O) groups is 2. The van der Waals surface area contributed by atoms with Crippen LogP contribution in [-0.4, -0.2) is 44.2 Å². The maximum Gasteiger partial charge on any atom is 0.315 e. The van der Waals surface area contributed by atoms with E-state index in [4.69, 9.17) is 18.9 Å². The van der Waals surface area contributed by atoms with E-state index >= 15 is 0 Å². The summed E-state index contributed by atoms with van der Waals surface area (Å²) in [5, 5.41) is 0. The predicted molar refractivity (Wildman–Crippen MR) is 61.7 cm³/mol. The molecule has 0 bridgehead atoms. The number of carbonyl (C=O) groups excluding carboxylic acids is 2. The number of hydrogen-bond donors (Lipinski definition) is 0. The van der Waals surface area contributed by atoms with Crippen LogP contribution < -0.4 is 0 Å². The van der Waals surface area contributed by atoms with E-state index in [2.05, 4.69) is 0 Å². The van der Waals surface area contributed by atoms with Crippen molar-refractivity contribution in [1.82, 2.24) is 0 Å². The first-order valence-electron chi connectivity index (χ1n) is 6.13. The van der Waals surface area contributed by atoms with Crippen molar-refractivity contribution in [3.63, 3.8) is 0 Å². The van der Waals surface area contributed by atoms with Crippen LogP contribution in [0, 0.1) is 5.92 Å². The summed E-state index contributed by atoms with van der Waals surface area (Å²) in [5.41, 5.74) is 0. The molecule has 18 heavy (non-hydrogen) atoms. The highest BCUT2D eigenvalue weighted by Gasteiger charge is 2.46. The molecule has 0 radical (unpaired) electrons. The van der Waals surface area contributed by atoms with Crippen molar-refractivity contribution in [2.75, 3.05) is 26.4 Å². The lowest BCUT2D eigenvalue weighted by atomic mass is 9.96. The third-order valence-corrected chi connectivity index (χ3v) is 2.74. The van der Waals surface area contributed by atoms with Crippen LogP contribution in [0.5, 0.6) is 0 Å². The van der Waals surface area contributed by atoms with E-state index in [1.807, 2.05) is 0 Å². The zero-order chi connectivity index (χ0) is 13.6. The summed E-state index contributed by atoms with van der Waals surface area (Å²) in [7, 11) is 0. The van der Waals surface area contributed by atoms with E-state index in [9.17, 15) is 9.59 Å². The molecular weight excluding hydrogens is 240 g/mol. The lowest BCUT2D eigenvalue weighted by Gasteiger charge is -2.29. The minimum Gasteiger partial charge on any atom is -0.466 e. The van der Waals surface area contributed by atoms with Gasteiger partial charge in [0.05, 0.1) is 32.8 Å². The molecule has 104 valence electrons. The quantitative estimate of drug-likeness (QED) is 0.660. The Bertz CT molecular complexity index is 295. The highest BCUT2D eigenvalue weighted by molar-refractivity contribution is 5.80. The SMILES string of the molecule is CCOC(=O)CC(C(=O)OCC)C1(C)OCCO1. The van der Waals surface area contributed by atoms with Crippen molar-refractivity contribution < 1.29 is 28.5 Å². The van der Waals surface area contributed by atoms with Gasteiger partial charge in [0.2, 0.25) is 0 Å². The third-order valence-electron chi connectivity index (χ3n) is 2.74. The molecule has 0 aromatic carbocycles. The molecule has 1 fully saturated rings. The van der Waals surface area contributed by atoms with Gasteiger partial charge in [0.25, 0.3) is 0 Å². The topological polar surface area (TPSA) is 71.1 Å². The molecule has 1 saturated heterocycles. The average molecular weight is 260 g/mol. The smallest absolute Gasteiger partial charge is 0.315 e. The molecule has 6 heteroatoms. The van der Waals surface area contributed by atoms with Gasteiger partial charge in [0.15, 0.2) is 5.79 Å². The van der Waals surface area contributed by atoms with Gasteiger partial charge in [-0.2, -0.15) is 0 Å². The summed E-state index contributed by atoms with van der Waals surface area (Å²) in [6.07, 6.45) is -0.108. The molecule has 0 spiro atoms. The van der Waals surface area contributed by atoms with Gasteiger partial charge in [0, 0.05) is 0 Å². The Morgan fingerprint density at radius 3 is 2.22 bits per heavy atom. The number of ether oxygens (including phenoxy) is 4. The monoisotopic (exact) mass is 260 g/mol. The fourth-order valence-electron chi connectivity index (χ4n) is 1.84. The zero-order valence-corrected chi connectivity index (χ0v) is 11.1. The molecule has 0 N–H and O–H groups in total. The van der Waals surface area contributed by atoms with Crippen LogP contribution in [0.2, 0.25) is 0 Å².